The third kappa shape index (κ3) is 22.3. The van der Waals surface area contributed by atoms with Crippen LogP contribution in [0.3, 0.4) is 0 Å². The molecule has 520 valence electrons. The molecule has 0 spiro atoms. The van der Waals surface area contributed by atoms with E-state index in [1.54, 1.807) is 6.20 Å². The Kier molecular flexibility index (Phi) is 27.4. The van der Waals surface area contributed by atoms with Gasteiger partial charge in [-0.05, 0) is 123 Å². The number of H-pyrrole nitrogens is 1. The third-order valence-corrected chi connectivity index (χ3v) is 14.6. The Morgan fingerprint density at radius 2 is 0.827 bits per heavy atom. The first-order chi connectivity index (χ1) is 46.8. The zero-order chi connectivity index (χ0) is 71.6. The summed E-state index contributed by atoms with van der Waals surface area (Å²) in [6, 6.07) is 18.1. The first kappa shape index (κ1) is 74.4. The molecule has 0 aliphatic carbocycles. The van der Waals surface area contributed by atoms with Crippen LogP contribution in [0.15, 0.2) is 103 Å². The molecule has 34 nitrogen and oxygen atoms in total. The van der Waals surface area contributed by atoms with Crippen LogP contribution in [0.2, 0.25) is 0 Å². The summed E-state index contributed by atoms with van der Waals surface area (Å²) >= 11 is 0. The fourth-order valence-electron chi connectivity index (χ4n) is 9.91. The number of nitrogens with one attached hydrogen (secondary N) is 15. The molecular weight excluding hydrogens is 1270 g/mol. The van der Waals surface area contributed by atoms with E-state index in [1.165, 1.54) is 95.0 Å². The molecule has 6 aromatic rings. The highest BCUT2D eigenvalue weighted by Crippen LogP contribution is 2.29. The second-order valence-electron chi connectivity index (χ2n) is 21.8. The molecule has 1 heterocycles. The van der Waals surface area contributed by atoms with E-state index in [-0.39, 0.29) is 150 Å². The quantitative estimate of drug-likeness (QED) is 0.0150. The van der Waals surface area contributed by atoms with Gasteiger partial charge in [-0.15, -0.1) is 0 Å². The minimum atomic E-state index is -1.46. The number of amides is 9. The number of benzene rings is 5. The standard InChI is InChI=1S/C64H79N19O15/c1-33(84)76-35-15-19-49(95-2)40(27-35)55(88)80-46(13-8-24-73-63(68)69)60(93)79-38-18-22-52(98-32-53(85)86)43(30-38)58(91)82-47(14-9-25-74-64(70)71)61(94)77-36-16-20-50(96-3)41(28-36)56(89)81-45(12-7-23-72-62(66)67)59(92)78-37-17-21-51(97-4)42(29-37)57(90)83-48(54(65)87)26-34-31-75-44-11-6-5-10-39(34)44/h5-6,10-11,15-22,27-31,45-48,75H,7-9,12-14,23-26,32H2,1-4H3,(H2,65,87)(H,76,84)(H,77,94)(H,78,92)(H,79,93)(H,80,88)(H,81,89)(H,82,91)(H,83,90)(H,85,86)(H4,66,67,72)(H4,68,69,73)(H4,70,71,74)/t45-,46-,47-,48-/m1/s1. The molecule has 0 aliphatic heterocycles. The van der Waals surface area contributed by atoms with Gasteiger partial charge in [0, 0.05) is 72.8 Å². The number of carbonyl (C=O) groups is 10. The van der Waals surface area contributed by atoms with Gasteiger partial charge in [0.2, 0.25) is 29.5 Å². The number of guanidine groups is 3. The molecule has 0 radical (unpaired) electrons. The Balaban J connectivity index is 1.24. The molecule has 1 aromatic heterocycles. The average Bonchev–Trinajstić information content (AvgIpc) is 1.82. The van der Waals surface area contributed by atoms with Gasteiger partial charge in [-0.25, -0.2) is 4.79 Å². The van der Waals surface area contributed by atoms with Crippen LogP contribution >= 0.6 is 0 Å². The highest BCUT2D eigenvalue weighted by atomic mass is 16.5. The Morgan fingerprint density at radius 1 is 0.480 bits per heavy atom. The van der Waals surface area contributed by atoms with E-state index < -0.39 is 89.9 Å². The summed E-state index contributed by atoms with van der Waals surface area (Å²) in [5.74, 6) is -9.77. The van der Waals surface area contributed by atoms with Crippen LogP contribution in [0, 0.1) is 16.2 Å². The molecule has 0 saturated carbocycles. The summed E-state index contributed by atoms with van der Waals surface area (Å²) in [4.78, 5) is 139. The highest BCUT2D eigenvalue weighted by molar-refractivity contribution is 6.08. The monoisotopic (exact) mass is 1350 g/mol. The number of carboxylic acid groups (broad SMARTS) is 1. The van der Waals surface area contributed by atoms with E-state index in [4.69, 9.17) is 58.1 Å². The maximum absolute atomic E-state index is 14.5. The summed E-state index contributed by atoms with van der Waals surface area (Å²) in [7, 11) is 3.91. The van der Waals surface area contributed by atoms with Crippen molar-refractivity contribution in [1.82, 2.24) is 42.2 Å². The Labute approximate surface area is 561 Å². The molecule has 0 fully saturated rings. The van der Waals surface area contributed by atoms with Gasteiger partial charge in [0.25, 0.3) is 23.6 Å². The molecule has 98 heavy (non-hydrogen) atoms. The average molecular weight is 1350 g/mol. The molecule has 24 N–H and O–H groups in total. The number of primary amides is 1. The number of carboxylic acids is 1. The SMILES string of the molecule is COc1ccc(NC(=O)[C@@H](CCCNC(=N)N)NC(=O)c2cc(NC(=O)[C@@H](CCCNC(=N)N)NC(=O)c3cc(NC(=O)[C@@H](CCCNC(=N)N)NC(=O)c4cc(NC(C)=O)ccc4OC)ccc3OCC(=O)O)ccc2OC)cc1C(=O)N[C@H](Cc1c[nH]c2ccccc12)C(N)=O. The number of fused-ring (bicyclic) bond motifs is 1. The fourth-order valence-corrected chi connectivity index (χ4v) is 9.91. The maximum atomic E-state index is 14.5. The molecule has 0 bridgehead atoms. The minimum absolute atomic E-state index is 0.0175. The fraction of sp³-hybridized carbons (Fsp3) is 0.297. The number of hydrogen-bond donors (Lipinski definition) is 20. The highest BCUT2D eigenvalue weighted by Gasteiger charge is 2.30. The van der Waals surface area contributed by atoms with Crippen LogP contribution in [0.5, 0.6) is 23.0 Å². The summed E-state index contributed by atoms with van der Waals surface area (Å²) in [5.41, 5.74) is 23.3. The summed E-state index contributed by atoms with van der Waals surface area (Å²) in [5, 5.41) is 62.3. The lowest BCUT2D eigenvalue weighted by Gasteiger charge is -2.22. The van der Waals surface area contributed by atoms with Gasteiger partial charge >= 0.3 is 5.97 Å². The van der Waals surface area contributed by atoms with Crippen molar-refractivity contribution in [3.8, 4) is 23.0 Å². The zero-order valence-corrected chi connectivity index (χ0v) is 53.9. The third-order valence-electron chi connectivity index (χ3n) is 14.6. The lowest BCUT2D eigenvalue weighted by molar-refractivity contribution is -0.139. The zero-order valence-electron chi connectivity index (χ0n) is 53.9. The number of methoxy groups -OCH3 is 3. The van der Waals surface area contributed by atoms with Crippen molar-refractivity contribution in [2.75, 3.05) is 68.8 Å². The Bertz CT molecular complexity index is 3970. The summed E-state index contributed by atoms with van der Waals surface area (Å²) in [6.45, 7) is 0.612. The van der Waals surface area contributed by atoms with Crippen molar-refractivity contribution in [2.24, 2.45) is 22.9 Å². The number of anilines is 4. The molecule has 0 unspecified atom stereocenters. The van der Waals surface area contributed by atoms with Crippen LogP contribution in [0.1, 0.15) is 92.4 Å². The summed E-state index contributed by atoms with van der Waals surface area (Å²) < 4.78 is 21.9. The number of aliphatic carboxylic acids is 1. The van der Waals surface area contributed by atoms with E-state index >= 15 is 0 Å². The van der Waals surface area contributed by atoms with Crippen molar-refractivity contribution in [3.05, 3.63) is 131 Å². The first-order valence-electron chi connectivity index (χ1n) is 30.3. The van der Waals surface area contributed by atoms with Gasteiger partial charge in [-0.2, -0.15) is 0 Å². The normalized spacial score (nSPS) is 11.9. The van der Waals surface area contributed by atoms with Crippen LogP contribution in [-0.4, -0.2) is 159 Å². The van der Waals surface area contributed by atoms with Crippen molar-refractivity contribution in [1.29, 1.82) is 16.2 Å². The molecule has 34 heteroatoms. The van der Waals surface area contributed by atoms with Gasteiger partial charge in [-0.3, -0.25) is 59.4 Å². The minimum Gasteiger partial charge on any atom is -0.496 e. The number of aromatic nitrogens is 1. The molecule has 6 rings (SSSR count). The summed E-state index contributed by atoms with van der Waals surface area (Å²) in [6.07, 6.45) is 1.98. The topological polar surface area (TPSA) is 552 Å². The van der Waals surface area contributed by atoms with Crippen LogP contribution < -0.4 is 100 Å². The van der Waals surface area contributed by atoms with E-state index in [1.807, 2.05) is 24.3 Å². The molecule has 0 aliphatic rings. The van der Waals surface area contributed by atoms with Crippen LogP contribution in [-0.2, 0) is 35.2 Å². The first-order valence-corrected chi connectivity index (χ1v) is 30.3. The number of nitrogens with two attached hydrogens (primary N) is 4. The molecule has 9 amide bonds. The van der Waals surface area contributed by atoms with Crippen LogP contribution in [0.4, 0.5) is 22.7 Å². The van der Waals surface area contributed by atoms with Crippen molar-refractivity contribution in [3.63, 3.8) is 0 Å². The number of para-hydroxylation sites is 1. The number of hydrogen-bond acceptors (Lipinski definition) is 17. The molecular formula is C64H79N19O15. The Morgan fingerprint density at radius 3 is 1.17 bits per heavy atom. The van der Waals surface area contributed by atoms with Gasteiger partial charge in [-0.1, -0.05) is 18.2 Å². The molecule has 5 aromatic carbocycles. The van der Waals surface area contributed by atoms with Gasteiger partial charge in [0.05, 0.1) is 43.6 Å². The number of ether oxygens (including phenoxy) is 4. The predicted molar refractivity (Wildman–Crippen MR) is 362 cm³/mol. The maximum Gasteiger partial charge on any atom is 0.341 e. The van der Waals surface area contributed by atoms with Gasteiger partial charge < -0.3 is 110 Å². The van der Waals surface area contributed by atoms with E-state index in [0.29, 0.717) is 0 Å². The number of aromatic amines is 1. The molecule has 4 atom stereocenters. The van der Waals surface area contributed by atoms with Crippen molar-refractivity contribution < 1.29 is 72.0 Å². The molecule has 0 saturated heterocycles. The van der Waals surface area contributed by atoms with E-state index in [0.717, 1.165) is 22.5 Å². The number of rotatable bonds is 36. The predicted octanol–water partition coefficient (Wildman–Crippen LogP) is 1.44. The van der Waals surface area contributed by atoms with Gasteiger partial charge in [0.15, 0.2) is 24.5 Å². The Hall–Kier alpha value is -12.7. The second kappa shape index (κ2) is 36.1. The van der Waals surface area contributed by atoms with E-state index in [9.17, 15) is 53.1 Å². The largest absolute Gasteiger partial charge is 0.496 e. The van der Waals surface area contributed by atoms with Crippen molar-refractivity contribution >= 4 is 111 Å². The lowest BCUT2D eigenvalue weighted by atomic mass is 10.0. The van der Waals surface area contributed by atoms with Crippen molar-refractivity contribution in [2.45, 2.75) is 76.0 Å². The number of carbonyl (C=O) groups excluding carboxylic acids is 9. The smallest absolute Gasteiger partial charge is 0.341 e. The lowest BCUT2D eigenvalue weighted by Crippen LogP contribution is -2.46. The second-order valence-corrected chi connectivity index (χ2v) is 21.8. The van der Waals surface area contributed by atoms with Gasteiger partial charge in [0.1, 0.15) is 47.2 Å². The van der Waals surface area contributed by atoms with E-state index in [2.05, 4.69) is 63.5 Å². The van der Waals surface area contributed by atoms with Crippen LogP contribution in [0.25, 0.3) is 10.9 Å².